The molecule has 1 N–H and O–H groups in total. The van der Waals surface area contributed by atoms with E-state index in [-0.39, 0.29) is 5.60 Å². The zero-order chi connectivity index (χ0) is 11.3. The fraction of sp³-hybridized carbons (Fsp3) is 1.00. The van der Waals surface area contributed by atoms with E-state index in [9.17, 15) is 0 Å². The molecule has 1 heterocycles. The molecule has 0 aromatic heterocycles. The molecule has 0 radical (unpaired) electrons. The Morgan fingerprint density at radius 1 is 1.47 bits per heavy atom. The van der Waals surface area contributed by atoms with Crippen molar-refractivity contribution in [3.63, 3.8) is 0 Å². The Morgan fingerprint density at radius 2 is 2.13 bits per heavy atom. The van der Waals surface area contributed by atoms with E-state index in [2.05, 4.69) is 19.2 Å². The van der Waals surface area contributed by atoms with Crippen molar-refractivity contribution in [1.82, 2.24) is 5.32 Å². The molecule has 2 atom stereocenters. The van der Waals surface area contributed by atoms with Crippen molar-refractivity contribution in [2.45, 2.75) is 44.8 Å². The Balaban J connectivity index is 2.76. The van der Waals surface area contributed by atoms with Gasteiger partial charge in [-0.25, -0.2) is 0 Å². The highest BCUT2D eigenvalue weighted by atomic mass is 16.5. The second-order valence-electron chi connectivity index (χ2n) is 4.37. The maximum Gasteiger partial charge on any atom is 0.0829 e. The summed E-state index contributed by atoms with van der Waals surface area (Å²) in [6, 6.07) is 0.403. The first-order chi connectivity index (χ1) is 7.24. The highest BCUT2D eigenvalue weighted by molar-refractivity contribution is 4.95. The normalized spacial score (nSPS) is 24.4. The Labute approximate surface area is 93.5 Å². The summed E-state index contributed by atoms with van der Waals surface area (Å²) in [6.07, 6.45) is 3.24. The third-order valence-electron chi connectivity index (χ3n) is 3.92. The standard InChI is InChI=1S/C12H25NO2/c1-5-12(6-2,14-4)11(13-3)10-7-8-15-9-10/h10-11,13H,5-9H2,1-4H3. The van der Waals surface area contributed by atoms with Crippen LogP contribution in [0.1, 0.15) is 33.1 Å². The molecule has 0 bridgehead atoms. The van der Waals surface area contributed by atoms with Gasteiger partial charge in [-0.15, -0.1) is 0 Å². The Bertz CT molecular complexity index is 166. The molecule has 0 saturated carbocycles. The zero-order valence-corrected chi connectivity index (χ0v) is 10.5. The zero-order valence-electron chi connectivity index (χ0n) is 10.5. The monoisotopic (exact) mass is 215 g/mol. The summed E-state index contributed by atoms with van der Waals surface area (Å²) >= 11 is 0. The SMILES string of the molecule is CCC(CC)(OC)C(NC)C1CCOC1. The Morgan fingerprint density at radius 3 is 2.47 bits per heavy atom. The van der Waals surface area contributed by atoms with Gasteiger partial charge in [-0.3, -0.25) is 0 Å². The van der Waals surface area contributed by atoms with Crippen molar-refractivity contribution in [2.24, 2.45) is 5.92 Å². The van der Waals surface area contributed by atoms with Gasteiger partial charge in [0.2, 0.25) is 0 Å². The highest BCUT2D eigenvalue weighted by Crippen LogP contribution is 2.32. The molecule has 15 heavy (non-hydrogen) atoms. The summed E-state index contributed by atoms with van der Waals surface area (Å²) in [4.78, 5) is 0. The number of methoxy groups -OCH3 is 1. The largest absolute Gasteiger partial charge is 0.381 e. The summed E-state index contributed by atoms with van der Waals surface area (Å²) in [5.41, 5.74) is -0.0346. The minimum absolute atomic E-state index is 0.0346. The molecule has 2 unspecified atom stereocenters. The first-order valence-corrected chi connectivity index (χ1v) is 6.04. The molecular weight excluding hydrogens is 190 g/mol. The fourth-order valence-corrected chi connectivity index (χ4v) is 2.85. The van der Waals surface area contributed by atoms with Gasteiger partial charge < -0.3 is 14.8 Å². The highest BCUT2D eigenvalue weighted by Gasteiger charge is 2.40. The number of rotatable bonds is 6. The smallest absolute Gasteiger partial charge is 0.0829 e. The van der Waals surface area contributed by atoms with Crippen LogP contribution >= 0.6 is 0 Å². The predicted octanol–water partition coefficient (Wildman–Crippen LogP) is 1.82. The summed E-state index contributed by atoms with van der Waals surface area (Å²) in [6.45, 7) is 6.17. The molecule has 0 amide bonds. The average Bonchev–Trinajstić information content (AvgIpc) is 2.79. The van der Waals surface area contributed by atoms with Gasteiger partial charge in [-0.05, 0) is 26.3 Å². The lowest BCUT2D eigenvalue weighted by Crippen LogP contribution is -2.54. The van der Waals surface area contributed by atoms with Gasteiger partial charge in [0.1, 0.15) is 0 Å². The van der Waals surface area contributed by atoms with E-state index < -0.39 is 0 Å². The molecule has 1 aliphatic rings. The molecule has 0 spiro atoms. The molecule has 1 saturated heterocycles. The number of hydrogen-bond acceptors (Lipinski definition) is 3. The van der Waals surface area contributed by atoms with Crippen LogP contribution in [0.25, 0.3) is 0 Å². The number of likely N-dealkylation sites (N-methyl/N-ethyl adjacent to an activating group) is 1. The van der Waals surface area contributed by atoms with E-state index in [1.165, 1.54) is 0 Å². The molecule has 1 fully saturated rings. The molecule has 1 rings (SSSR count). The lowest BCUT2D eigenvalue weighted by molar-refractivity contribution is -0.0615. The van der Waals surface area contributed by atoms with Crippen LogP contribution < -0.4 is 5.32 Å². The Hall–Kier alpha value is -0.120. The molecule has 3 nitrogen and oxygen atoms in total. The van der Waals surface area contributed by atoms with Crippen molar-refractivity contribution in [2.75, 3.05) is 27.4 Å². The van der Waals surface area contributed by atoms with E-state index in [0.29, 0.717) is 12.0 Å². The molecule has 0 aliphatic carbocycles. The first-order valence-electron chi connectivity index (χ1n) is 6.04. The lowest BCUT2D eigenvalue weighted by Gasteiger charge is -2.41. The van der Waals surface area contributed by atoms with Crippen LogP contribution in [0, 0.1) is 5.92 Å². The number of hydrogen-bond donors (Lipinski definition) is 1. The minimum atomic E-state index is -0.0346. The molecular formula is C12H25NO2. The maximum absolute atomic E-state index is 5.78. The summed E-state index contributed by atoms with van der Waals surface area (Å²) in [5.74, 6) is 0.592. The van der Waals surface area contributed by atoms with Crippen molar-refractivity contribution >= 4 is 0 Å². The topological polar surface area (TPSA) is 30.5 Å². The van der Waals surface area contributed by atoms with E-state index in [1.807, 2.05) is 14.2 Å². The second-order valence-corrected chi connectivity index (χ2v) is 4.37. The average molecular weight is 215 g/mol. The van der Waals surface area contributed by atoms with Gasteiger partial charge in [0.25, 0.3) is 0 Å². The van der Waals surface area contributed by atoms with Gasteiger partial charge >= 0.3 is 0 Å². The van der Waals surface area contributed by atoms with Crippen molar-refractivity contribution in [3.8, 4) is 0 Å². The summed E-state index contributed by atoms with van der Waals surface area (Å²) in [5, 5.41) is 3.43. The molecule has 90 valence electrons. The van der Waals surface area contributed by atoms with Crippen LogP contribution in [0.3, 0.4) is 0 Å². The molecule has 1 aliphatic heterocycles. The van der Waals surface area contributed by atoms with Crippen LogP contribution in [0.15, 0.2) is 0 Å². The van der Waals surface area contributed by atoms with Gasteiger partial charge in [0, 0.05) is 25.7 Å². The quantitative estimate of drug-likeness (QED) is 0.733. The van der Waals surface area contributed by atoms with Crippen LogP contribution in [0.2, 0.25) is 0 Å². The molecule has 0 aromatic rings. The first kappa shape index (κ1) is 12.9. The Kier molecular flexibility index (Phi) is 5.03. The summed E-state index contributed by atoms with van der Waals surface area (Å²) in [7, 11) is 3.86. The summed E-state index contributed by atoms with van der Waals surface area (Å²) < 4.78 is 11.3. The van der Waals surface area contributed by atoms with Crippen LogP contribution in [-0.4, -0.2) is 39.0 Å². The van der Waals surface area contributed by atoms with Gasteiger partial charge in [0.15, 0.2) is 0 Å². The third kappa shape index (κ3) is 2.52. The van der Waals surface area contributed by atoms with Crippen molar-refractivity contribution in [3.05, 3.63) is 0 Å². The van der Waals surface area contributed by atoms with Gasteiger partial charge in [-0.1, -0.05) is 13.8 Å². The van der Waals surface area contributed by atoms with Gasteiger partial charge in [-0.2, -0.15) is 0 Å². The van der Waals surface area contributed by atoms with Crippen LogP contribution in [-0.2, 0) is 9.47 Å². The van der Waals surface area contributed by atoms with E-state index in [4.69, 9.17) is 9.47 Å². The number of ether oxygens (including phenoxy) is 2. The van der Waals surface area contributed by atoms with Crippen molar-refractivity contribution < 1.29 is 9.47 Å². The van der Waals surface area contributed by atoms with E-state index >= 15 is 0 Å². The molecule has 0 aromatic carbocycles. The fourth-order valence-electron chi connectivity index (χ4n) is 2.85. The van der Waals surface area contributed by atoms with Crippen molar-refractivity contribution in [1.29, 1.82) is 0 Å². The van der Waals surface area contributed by atoms with Crippen LogP contribution in [0.4, 0.5) is 0 Å². The third-order valence-corrected chi connectivity index (χ3v) is 3.92. The van der Waals surface area contributed by atoms with Crippen LogP contribution in [0.5, 0.6) is 0 Å². The maximum atomic E-state index is 5.78. The minimum Gasteiger partial charge on any atom is -0.381 e. The lowest BCUT2D eigenvalue weighted by atomic mass is 9.80. The predicted molar refractivity (Wildman–Crippen MR) is 62.1 cm³/mol. The van der Waals surface area contributed by atoms with E-state index in [1.54, 1.807) is 0 Å². The van der Waals surface area contributed by atoms with E-state index in [0.717, 1.165) is 32.5 Å². The second kappa shape index (κ2) is 5.83. The van der Waals surface area contributed by atoms with Gasteiger partial charge in [0.05, 0.1) is 12.2 Å². The molecule has 3 heteroatoms. The number of nitrogens with one attached hydrogen (secondary N) is 1.